The molecule has 2 N–H and O–H groups in total. The molecule has 0 bridgehead atoms. The first-order chi connectivity index (χ1) is 7.63. The van der Waals surface area contributed by atoms with Crippen LogP contribution in [0, 0.1) is 0 Å². The third kappa shape index (κ3) is 4.60. The summed E-state index contributed by atoms with van der Waals surface area (Å²) in [5.74, 6) is 0. The highest BCUT2D eigenvalue weighted by Gasteiger charge is 2.06. The Bertz CT molecular complexity index is 355. The second kappa shape index (κ2) is 6.99. The van der Waals surface area contributed by atoms with Gasteiger partial charge in [0.15, 0.2) is 0 Å². The van der Waals surface area contributed by atoms with Crippen molar-refractivity contribution in [2.24, 2.45) is 5.73 Å². The molecule has 0 saturated carbocycles. The maximum Gasteiger partial charge on any atom is 0.0740 e. The van der Waals surface area contributed by atoms with Crippen LogP contribution in [0.4, 0.5) is 0 Å². The van der Waals surface area contributed by atoms with Gasteiger partial charge in [0.2, 0.25) is 0 Å². The van der Waals surface area contributed by atoms with Crippen LogP contribution < -0.4 is 5.73 Å². The van der Waals surface area contributed by atoms with Gasteiger partial charge in [-0.1, -0.05) is 53.3 Å². The Labute approximate surface area is 111 Å². The van der Waals surface area contributed by atoms with E-state index in [0.29, 0.717) is 4.99 Å². The SMILES string of the molecule is CCN(CCC(N)=S)Cc1ccccc1Br. The molecule has 0 saturated heterocycles. The molecule has 0 aromatic heterocycles. The highest BCUT2D eigenvalue weighted by atomic mass is 79.9. The van der Waals surface area contributed by atoms with Crippen LogP contribution in [0.5, 0.6) is 0 Å². The number of hydrogen-bond acceptors (Lipinski definition) is 2. The summed E-state index contributed by atoms with van der Waals surface area (Å²) < 4.78 is 1.16. The predicted octanol–water partition coefficient (Wildman–Crippen LogP) is 2.95. The van der Waals surface area contributed by atoms with Crippen LogP contribution in [0.25, 0.3) is 0 Å². The molecule has 0 atom stereocenters. The average molecular weight is 301 g/mol. The third-order valence-electron chi connectivity index (χ3n) is 2.47. The van der Waals surface area contributed by atoms with Crippen molar-refractivity contribution < 1.29 is 0 Å². The minimum Gasteiger partial charge on any atom is -0.393 e. The molecule has 0 aliphatic heterocycles. The average Bonchev–Trinajstić information content (AvgIpc) is 2.26. The number of hydrogen-bond donors (Lipinski definition) is 1. The molecule has 0 heterocycles. The predicted molar refractivity (Wildman–Crippen MR) is 76.5 cm³/mol. The van der Waals surface area contributed by atoms with Gasteiger partial charge < -0.3 is 5.73 Å². The molecule has 0 fully saturated rings. The highest BCUT2D eigenvalue weighted by molar-refractivity contribution is 9.10. The molecule has 1 aromatic rings. The second-order valence-corrected chi connectivity index (χ2v) is 5.06. The number of halogens is 1. The summed E-state index contributed by atoms with van der Waals surface area (Å²) in [6.07, 6.45) is 0.785. The molecule has 0 aliphatic carbocycles. The minimum absolute atomic E-state index is 0.588. The molecule has 0 radical (unpaired) electrons. The van der Waals surface area contributed by atoms with Crippen molar-refractivity contribution in [1.82, 2.24) is 4.90 Å². The Morgan fingerprint density at radius 3 is 2.69 bits per heavy atom. The second-order valence-electron chi connectivity index (χ2n) is 3.68. The minimum atomic E-state index is 0.588. The molecule has 2 nitrogen and oxygen atoms in total. The first kappa shape index (κ1) is 13.6. The van der Waals surface area contributed by atoms with Gasteiger partial charge in [0, 0.05) is 24.0 Å². The Morgan fingerprint density at radius 2 is 2.12 bits per heavy atom. The fourth-order valence-electron chi connectivity index (χ4n) is 1.48. The summed E-state index contributed by atoms with van der Waals surface area (Å²) in [5, 5.41) is 0. The van der Waals surface area contributed by atoms with E-state index in [0.717, 1.165) is 30.5 Å². The molecule has 16 heavy (non-hydrogen) atoms. The fourth-order valence-corrected chi connectivity index (χ4v) is 1.99. The van der Waals surface area contributed by atoms with Crippen LogP contribution in [0.3, 0.4) is 0 Å². The van der Waals surface area contributed by atoms with Gasteiger partial charge in [-0.3, -0.25) is 4.90 Å². The lowest BCUT2D eigenvalue weighted by molar-refractivity contribution is 0.288. The van der Waals surface area contributed by atoms with Crippen LogP contribution in [0.2, 0.25) is 0 Å². The smallest absolute Gasteiger partial charge is 0.0740 e. The van der Waals surface area contributed by atoms with Crippen LogP contribution in [0.1, 0.15) is 18.9 Å². The largest absolute Gasteiger partial charge is 0.393 e. The van der Waals surface area contributed by atoms with Gasteiger partial charge in [0.25, 0.3) is 0 Å². The van der Waals surface area contributed by atoms with Gasteiger partial charge in [-0.15, -0.1) is 0 Å². The molecule has 1 rings (SSSR count). The summed E-state index contributed by atoms with van der Waals surface area (Å²) in [6, 6.07) is 8.28. The number of nitrogens with zero attached hydrogens (tertiary/aromatic N) is 1. The zero-order valence-corrected chi connectivity index (χ0v) is 11.9. The highest BCUT2D eigenvalue weighted by Crippen LogP contribution is 2.17. The summed E-state index contributed by atoms with van der Waals surface area (Å²) >= 11 is 8.45. The van der Waals surface area contributed by atoms with Crippen molar-refractivity contribution in [3.8, 4) is 0 Å². The van der Waals surface area contributed by atoms with Crippen molar-refractivity contribution in [3.63, 3.8) is 0 Å². The molecule has 0 amide bonds. The van der Waals surface area contributed by atoms with Crippen molar-refractivity contribution in [2.75, 3.05) is 13.1 Å². The number of nitrogens with two attached hydrogens (primary N) is 1. The maximum absolute atomic E-state index is 5.51. The summed E-state index contributed by atoms with van der Waals surface area (Å²) in [5.41, 5.74) is 6.81. The van der Waals surface area contributed by atoms with Crippen molar-refractivity contribution >= 4 is 33.1 Å². The normalized spacial score (nSPS) is 10.7. The van der Waals surface area contributed by atoms with Crippen LogP contribution in [0.15, 0.2) is 28.7 Å². The molecular formula is C12H17BrN2S. The van der Waals surface area contributed by atoms with E-state index in [1.54, 1.807) is 0 Å². The lowest BCUT2D eigenvalue weighted by Gasteiger charge is -2.20. The zero-order chi connectivity index (χ0) is 12.0. The van der Waals surface area contributed by atoms with Gasteiger partial charge in [-0.25, -0.2) is 0 Å². The van der Waals surface area contributed by atoms with Crippen LogP contribution in [-0.4, -0.2) is 23.0 Å². The number of thiocarbonyl (C=S) groups is 1. The summed E-state index contributed by atoms with van der Waals surface area (Å²) in [6.45, 7) is 5.01. The number of rotatable bonds is 6. The van der Waals surface area contributed by atoms with E-state index in [2.05, 4.69) is 46.0 Å². The van der Waals surface area contributed by atoms with Crippen LogP contribution in [-0.2, 0) is 6.54 Å². The Kier molecular flexibility index (Phi) is 5.95. The molecular weight excluding hydrogens is 284 g/mol. The summed E-state index contributed by atoms with van der Waals surface area (Å²) in [4.78, 5) is 2.92. The first-order valence-electron chi connectivity index (χ1n) is 5.37. The molecule has 1 aromatic carbocycles. The molecule has 88 valence electrons. The standard InChI is InChI=1S/C12H17BrN2S/c1-2-15(8-7-12(14)16)9-10-5-3-4-6-11(10)13/h3-6H,2,7-9H2,1H3,(H2,14,16). The first-order valence-corrected chi connectivity index (χ1v) is 6.57. The maximum atomic E-state index is 5.51. The lowest BCUT2D eigenvalue weighted by atomic mass is 10.2. The molecule has 0 aliphatic rings. The van der Waals surface area contributed by atoms with E-state index in [9.17, 15) is 0 Å². The lowest BCUT2D eigenvalue weighted by Crippen LogP contribution is -2.27. The van der Waals surface area contributed by atoms with Gasteiger partial charge in [0.1, 0.15) is 0 Å². The zero-order valence-electron chi connectivity index (χ0n) is 9.45. The summed E-state index contributed by atoms with van der Waals surface area (Å²) in [7, 11) is 0. The Hall–Kier alpha value is -0.450. The topological polar surface area (TPSA) is 29.3 Å². The van der Waals surface area contributed by atoms with E-state index in [4.69, 9.17) is 18.0 Å². The van der Waals surface area contributed by atoms with E-state index in [-0.39, 0.29) is 0 Å². The van der Waals surface area contributed by atoms with Crippen LogP contribution >= 0.6 is 28.1 Å². The van der Waals surface area contributed by atoms with Gasteiger partial charge in [-0.05, 0) is 18.2 Å². The monoisotopic (exact) mass is 300 g/mol. The van der Waals surface area contributed by atoms with E-state index in [1.165, 1.54) is 5.56 Å². The fraction of sp³-hybridized carbons (Fsp3) is 0.417. The van der Waals surface area contributed by atoms with Gasteiger partial charge >= 0.3 is 0 Å². The van der Waals surface area contributed by atoms with Crippen molar-refractivity contribution in [1.29, 1.82) is 0 Å². The van der Waals surface area contributed by atoms with Crippen molar-refractivity contribution in [3.05, 3.63) is 34.3 Å². The van der Waals surface area contributed by atoms with E-state index < -0.39 is 0 Å². The molecule has 0 unspecified atom stereocenters. The van der Waals surface area contributed by atoms with Gasteiger partial charge in [0.05, 0.1) is 4.99 Å². The third-order valence-corrected chi connectivity index (χ3v) is 3.45. The Balaban J connectivity index is 2.56. The van der Waals surface area contributed by atoms with Gasteiger partial charge in [-0.2, -0.15) is 0 Å². The van der Waals surface area contributed by atoms with E-state index in [1.807, 2.05) is 6.07 Å². The molecule has 0 spiro atoms. The molecule has 4 heteroatoms. The van der Waals surface area contributed by atoms with E-state index >= 15 is 0 Å². The number of benzene rings is 1. The van der Waals surface area contributed by atoms with Crippen molar-refractivity contribution in [2.45, 2.75) is 19.9 Å². The quantitative estimate of drug-likeness (QED) is 0.819. The Morgan fingerprint density at radius 1 is 1.44 bits per heavy atom.